The van der Waals surface area contributed by atoms with Crippen LogP contribution in [0, 0.1) is 5.92 Å². The van der Waals surface area contributed by atoms with Gasteiger partial charge in [0.2, 0.25) is 0 Å². The summed E-state index contributed by atoms with van der Waals surface area (Å²) in [5.41, 5.74) is 7.14. The Morgan fingerprint density at radius 3 is 2.31 bits per heavy atom. The lowest BCUT2D eigenvalue weighted by Crippen LogP contribution is -2.42. The monoisotopic (exact) mass is 220 g/mol. The highest BCUT2D eigenvalue weighted by Crippen LogP contribution is 2.15. The van der Waals surface area contributed by atoms with Gasteiger partial charge in [-0.15, -0.1) is 0 Å². The Hall–Kier alpha value is -0.860. The second-order valence-corrected chi connectivity index (χ2v) is 4.53. The Balaban J connectivity index is 2.59. The third-order valence-electron chi connectivity index (χ3n) is 3.35. The molecule has 0 radical (unpaired) electrons. The van der Waals surface area contributed by atoms with Crippen molar-refractivity contribution in [2.24, 2.45) is 11.7 Å². The normalized spacial score (nSPS) is 16.8. The highest BCUT2D eigenvalue weighted by atomic mass is 15.0. The summed E-state index contributed by atoms with van der Waals surface area (Å²) in [6.07, 6.45) is 1.16. The average molecular weight is 220 g/mol. The van der Waals surface area contributed by atoms with Gasteiger partial charge < -0.3 is 11.1 Å². The first kappa shape index (κ1) is 13.2. The molecule has 0 aliphatic carbocycles. The molecule has 16 heavy (non-hydrogen) atoms. The summed E-state index contributed by atoms with van der Waals surface area (Å²) >= 11 is 0. The van der Waals surface area contributed by atoms with Crippen LogP contribution in [0.25, 0.3) is 0 Å². The molecule has 0 bridgehead atoms. The molecule has 0 spiro atoms. The van der Waals surface area contributed by atoms with E-state index < -0.39 is 0 Å². The predicted molar refractivity (Wildman–Crippen MR) is 70.3 cm³/mol. The molecule has 0 heterocycles. The highest BCUT2D eigenvalue weighted by Gasteiger charge is 2.16. The minimum Gasteiger partial charge on any atom is -0.329 e. The Morgan fingerprint density at radius 1 is 1.19 bits per heavy atom. The van der Waals surface area contributed by atoms with Crippen LogP contribution in [0.4, 0.5) is 0 Å². The molecule has 3 atom stereocenters. The van der Waals surface area contributed by atoms with Gasteiger partial charge in [0.25, 0.3) is 0 Å². The van der Waals surface area contributed by atoms with Crippen molar-refractivity contribution in [1.29, 1.82) is 0 Å². The average Bonchev–Trinajstić information content (AvgIpc) is 2.35. The van der Waals surface area contributed by atoms with E-state index in [0.717, 1.165) is 6.42 Å². The van der Waals surface area contributed by atoms with Crippen LogP contribution in [-0.2, 0) is 0 Å². The molecule has 1 rings (SSSR count). The number of nitrogens with two attached hydrogens (primary N) is 1. The second-order valence-electron chi connectivity index (χ2n) is 4.53. The zero-order valence-electron chi connectivity index (χ0n) is 10.6. The standard InChI is InChI=1S/C14H24N2/c1-4-11(2)14(10-15)16-12(3)13-8-6-5-7-9-13/h5-9,11-12,14,16H,4,10,15H2,1-3H3. The summed E-state index contributed by atoms with van der Waals surface area (Å²) in [6, 6.07) is 11.3. The van der Waals surface area contributed by atoms with E-state index in [1.807, 2.05) is 6.07 Å². The summed E-state index contributed by atoms with van der Waals surface area (Å²) in [7, 11) is 0. The maximum atomic E-state index is 5.81. The molecule has 90 valence electrons. The van der Waals surface area contributed by atoms with Crippen molar-refractivity contribution >= 4 is 0 Å². The van der Waals surface area contributed by atoms with Crippen LogP contribution < -0.4 is 11.1 Å². The van der Waals surface area contributed by atoms with E-state index in [9.17, 15) is 0 Å². The molecule has 0 amide bonds. The number of benzene rings is 1. The SMILES string of the molecule is CCC(C)C(CN)NC(C)c1ccccc1. The molecule has 1 aromatic carbocycles. The van der Waals surface area contributed by atoms with Gasteiger partial charge in [0.1, 0.15) is 0 Å². The molecule has 0 aromatic heterocycles. The van der Waals surface area contributed by atoms with E-state index in [0.29, 0.717) is 24.5 Å². The third-order valence-corrected chi connectivity index (χ3v) is 3.35. The van der Waals surface area contributed by atoms with Crippen molar-refractivity contribution in [3.8, 4) is 0 Å². The van der Waals surface area contributed by atoms with Crippen molar-refractivity contribution in [3.05, 3.63) is 35.9 Å². The smallest absolute Gasteiger partial charge is 0.0294 e. The number of rotatable bonds is 6. The van der Waals surface area contributed by atoms with E-state index in [1.165, 1.54) is 5.56 Å². The summed E-state index contributed by atoms with van der Waals surface area (Å²) in [5.74, 6) is 0.621. The van der Waals surface area contributed by atoms with Gasteiger partial charge in [0.05, 0.1) is 0 Å². The molecular weight excluding hydrogens is 196 g/mol. The Bertz CT molecular complexity index is 284. The summed E-state index contributed by atoms with van der Waals surface area (Å²) in [4.78, 5) is 0. The first-order valence-corrected chi connectivity index (χ1v) is 6.20. The largest absolute Gasteiger partial charge is 0.329 e. The van der Waals surface area contributed by atoms with Crippen LogP contribution in [0.1, 0.15) is 38.8 Å². The molecular formula is C14H24N2. The highest BCUT2D eigenvalue weighted by molar-refractivity contribution is 5.18. The van der Waals surface area contributed by atoms with E-state index >= 15 is 0 Å². The fraction of sp³-hybridized carbons (Fsp3) is 0.571. The van der Waals surface area contributed by atoms with E-state index in [1.54, 1.807) is 0 Å². The van der Waals surface area contributed by atoms with Gasteiger partial charge in [-0.1, -0.05) is 50.6 Å². The first-order chi connectivity index (χ1) is 7.69. The lowest BCUT2D eigenvalue weighted by Gasteiger charge is -2.27. The van der Waals surface area contributed by atoms with E-state index in [-0.39, 0.29) is 0 Å². The summed E-state index contributed by atoms with van der Waals surface area (Å²) < 4.78 is 0. The van der Waals surface area contributed by atoms with Crippen molar-refractivity contribution < 1.29 is 0 Å². The molecule has 3 N–H and O–H groups in total. The summed E-state index contributed by atoms with van der Waals surface area (Å²) in [6.45, 7) is 7.36. The number of hydrogen-bond acceptors (Lipinski definition) is 2. The first-order valence-electron chi connectivity index (χ1n) is 6.20. The van der Waals surface area contributed by atoms with E-state index in [2.05, 4.69) is 50.4 Å². The van der Waals surface area contributed by atoms with Crippen LogP contribution in [0.5, 0.6) is 0 Å². The van der Waals surface area contributed by atoms with Crippen molar-refractivity contribution in [3.63, 3.8) is 0 Å². The van der Waals surface area contributed by atoms with Gasteiger partial charge in [-0.25, -0.2) is 0 Å². The van der Waals surface area contributed by atoms with Gasteiger partial charge in [-0.2, -0.15) is 0 Å². The van der Waals surface area contributed by atoms with Crippen LogP contribution in [0.15, 0.2) is 30.3 Å². The number of hydrogen-bond donors (Lipinski definition) is 2. The van der Waals surface area contributed by atoms with Gasteiger partial charge in [0, 0.05) is 18.6 Å². The van der Waals surface area contributed by atoms with Crippen molar-refractivity contribution in [2.75, 3.05) is 6.54 Å². The minimum atomic E-state index is 0.365. The van der Waals surface area contributed by atoms with E-state index in [4.69, 9.17) is 5.73 Å². The Kier molecular flexibility index (Phi) is 5.50. The van der Waals surface area contributed by atoms with Crippen LogP contribution in [-0.4, -0.2) is 12.6 Å². The third kappa shape index (κ3) is 3.62. The molecule has 2 nitrogen and oxygen atoms in total. The van der Waals surface area contributed by atoms with Crippen LogP contribution in [0.3, 0.4) is 0 Å². The molecule has 3 unspecified atom stereocenters. The molecule has 0 saturated heterocycles. The zero-order valence-corrected chi connectivity index (χ0v) is 10.6. The fourth-order valence-corrected chi connectivity index (χ4v) is 1.91. The van der Waals surface area contributed by atoms with Crippen LogP contribution in [0.2, 0.25) is 0 Å². The topological polar surface area (TPSA) is 38.0 Å². The van der Waals surface area contributed by atoms with Gasteiger partial charge in [0.15, 0.2) is 0 Å². The predicted octanol–water partition coefficient (Wildman–Crippen LogP) is 2.71. The maximum Gasteiger partial charge on any atom is 0.0294 e. The molecule has 0 aliphatic heterocycles. The quantitative estimate of drug-likeness (QED) is 0.773. The minimum absolute atomic E-state index is 0.365. The summed E-state index contributed by atoms with van der Waals surface area (Å²) in [5, 5.41) is 3.61. The van der Waals surface area contributed by atoms with Crippen LogP contribution >= 0.6 is 0 Å². The molecule has 1 aromatic rings. The molecule has 2 heteroatoms. The lowest BCUT2D eigenvalue weighted by atomic mass is 9.97. The lowest BCUT2D eigenvalue weighted by molar-refractivity contribution is 0.344. The molecule has 0 saturated carbocycles. The zero-order chi connectivity index (χ0) is 12.0. The second kappa shape index (κ2) is 6.66. The van der Waals surface area contributed by atoms with Gasteiger partial charge in [-0.05, 0) is 18.4 Å². The van der Waals surface area contributed by atoms with Crippen molar-refractivity contribution in [1.82, 2.24) is 5.32 Å². The maximum absolute atomic E-state index is 5.81. The van der Waals surface area contributed by atoms with Gasteiger partial charge >= 0.3 is 0 Å². The van der Waals surface area contributed by atoms with Crippen molar-refractivity contribution in [2.45, 2.75) is 39.3 Å². The number of nitrogens with one attached hydrogen (secondary N) is 1. The molecule has 0 fully saturated rings. The van der Waals surface area contributed by atoms with Gasteiger partial charge in [-0.3, -0.25) is 0 Å². The fourth-order valence-electron chi connectivity index (χ4n) is 1.91. The Morgan fingerprint density at radius 2 is 1.81 bits per heavy atom. The molecule has 0 aliphatic rings. The Labute approximate surface area is 99.2 Å².